The quantitative estimate of drug-likeness (QED) is 0.577. The molecule has 0 N–H and O–H groups in total. The predicted molar refractivity (Wildman–Crippen MR) is 90.6 cm³/mol. The molecule has 0 radical (unpaired) electrons. The zero-order chi connectivity index (χ0) is 16.8. The minimum atomic E-state index is -0.316. The topological polar surface area (TPSA) is 45.1 Å². The first-order valence-electron chi connectivity index (χ1n) is 7.14. The van der Waals surface area contributed by atoms with E-state index in [4.69, 9.17) is 4.74 Å². The van der Waals surface area contributed by atoms with Gasteiger partial charge in [-0.25, -0.2) is 4.79 Å². The summed E-state index contributed by atoms with van der Waals surface area (Å²) >= 11 is 0. The number of rotatable bonds is 5. The van der Waals surface area contributed by atoms with E-state index in [0.29, 0.717) is 19.0 Å². The summed E-state index contributed by atoms with van der Waals surface area (Å²) in [5.41, 5.74) is 1.06. The summed E-state index contributed by atoms with van der Waals surface area (Å²) in [6, 6.07) is -0.141. The van der Waals surface area contributed by atoms with Crippen LogP contribution in [0.2, 0.25) is 0 Å². The number of ether oxygens (including phenoxy) is 1. The third-order valence-electron chi connectivity index (χ3n) is 3.41. The molecule has 1 rings (SSSR count). The van der Waals surface area contributed by atoms with E-state index in [1.807, 2.05) is 39.0 Å². The van der Waals surface area contributed by atoms with Gasteiger partial charge in [-0.15, -0.1) is 0 Å². The van der Waals surface area contributed by atoms with Gasteiger partial charge in [-0.1, -0.05) is 30.9 Å². The fraction of sp³-hybridized carbons (Fsp3) is 0.412. The molecule has 0 aliphatic carbocycles. The molecule has 1 fully saturated rings. The third-order valence-corrected chi connectivity index (χ3v) is 3.41. The van der Waals surface area contributed by atoms with Crippen LogP contribution in [0.15, 0.2) is 53.3 Å². The van der Waals surface area contributed by atoms with Crippen molar-refractivity contribution in [2.45, 2.75) is 26.3 Å². The van der Waals surface area contributed by atoms with E-state index in [2.05, 4.69) is 18.3 Å². The molecule has 1 heterocycles. The molecule has 0 aromatic rings. The normalized spacial score (nSPS) is 18.6. The summed E-state index contributed by atoms with van der Waals surface area (Å²) in [6.07, 6.45) is 9.00. The average Bonchev–Trinajstić information content (AvgIpc) is 2.84. The number of hydrogen-bond acceptors (Lipinski definition) is 3. The van der Waals surface area contributed by atoms with Gasteiger partial charge in [-0.2, -0.15) is 0 Å². The second kappa shape index (κ2) is 7.75. The SMILES string of the molecule is C=CC(=CC=CC)C(=CN(C)C(=O)N1COCC1(C)C)N=C. The molecule has 0 atom stereocenters. The fourth-order valence-electron chi connectivity index (χ4n) is 2.05. The Hall–Kier alpha value is -2.14. The number of amides is 2. The van der Waals surface area contributed by atoms with Crippen LogP contribution in [0.3, 0.4) is 0 Å². The minimum Gasteiger partial charge on any atom is -0.359 e. The monoisotopic (exact) mass is 303 g/mol. The molecule has 120 valence electrons. The molecule has 1 aliphatic heterocycles. The molecule has 0 aromatic carbocycles. The molecule has 0 aromatic heterocycles. The summed E-state index contributed by atoms with van der Waals surface area (Å²) in [5.74, 6) is 0. The van der Waals surface area contributed by atoms with Crippen molar-refractivity contribution in [3.05, 3.63) is 48.4 Å². The van der Waals surface area contributed by atoms with Crippen LogP contribution in [0.1, 0.15) is 20.8 Å². The highest BCUT2D eigenvalue weighted by atomic mass is 16.5. The van der Waals surface area contributed by atoms with Crippen molar-refractivity contribution in [3.8, 4) is 0 Å². The summed E-state index contributed by atoms with van der Waals surface area (Å²) < 4.78 is 5.38. The Labute approximate surface area is 133 Å². The molecule has 5 heteroatoms. The first-order valence-corrected chi connectivity index (χ1v) is 7.14. The summed E-state index contributed by atoms with van der Waals surface area (Å²) in [4.78, 5) is 19.7. The lowest BCUT2D eigenvalue weighted by Crippen LogP contribution is -2.48. The number of aliphatic imine (C=N–C) groups is 1. The maximum atomic E-state index is 12.5. The van der Waals surface area contributed by atoms with E-state index in [1.165, 1.54) is 4.90 Å². The van der Waals surface area contributed by atoms with Crippen LogP contribution in [-0.4, -0.2) is 48.5 Å². The highest BCUT2D eigenvalue weighted by Crippen LogP contribution is 2.23. The van der Waals surface area contributed by atoms with Crippen LogP contribution in [-0.2, 0) is 4.74 Å². The van der Waals surface area contributed by atoms with Gasteiger partial charge in [0.05, 0.1) is 17.8 Å². The molecule has 0 bridgehead atoms. The predicted octanol–water partition coefficient (Wildman–Crippen LogP) is 3.34. The van der Waals surface area contributed by atoms with E-state index >= 15 is 0 Å². The van der Waals surface area contributed by atoms with Gasteiger partial charge in [0.1, 0.15) is 6.73 Å². The van der Waals surface area contributed by atoms with Crippen molar-refractivity contribution in [2.75, 3.05) is 20.4 Å². The molecule has 0 spiro atoms. The van der Waals surface area contributed by atoms with Gasteiger partial charge in [0, 0.05) is 18.8 Å². The van der Waals surface area contributed by atoms with Gasteiger partial charge in [-0.3, -0.25) is 9.89 Å². The summed E-state index contributed by atoms with van der Waals surface area (Å²) in [5, 5.41) is 0. The van der Waals surface area contributed by atoms with Crippen LogP contribution in [0.5, 0.6) is 0 Å². The minimum absolute atomic E-state index is 0.141. The Kier molecular flexibility index (Phi) is 6.31. The zero-order valence-corrected chi connectivity index (χ0v) is 13.9. The largest absolute Gasteiger partial charge is 0.359 e. The van der Waals surface area contributed by atoms with E-state index in [0.717, 1.165) is 5.57 Å². The Morgan fingerprint density at radius 1 is 1.45 bits per heavy atom. The molecule has 22 heavy (non-hydrogen) atoms. The number of carbonyl (C=O) groups is 1. The molecule has 1 aliphatic rings. The van der Waals surface area contributed by atoms with E-state index in [1.54, 1.807) is 24.2 Å². The van der Waals surface area contributed by atoms with Gasteiger partial charge >= 0.3 is 6.03 Å². The molecule has 0 unspecified atom stereocenters. The van der Waals surface area contributed by atoms with Crippen LogP contribution >= 0.6 is 0 Å². The van der Waals surface area contributed by atoms with Gasteiger partial charge < -0.3 is 9.64 Å². The Morgan fingerprint density at radius 2 is 2.14 bits per heavy atom. The highest BCUT2D eigenvalue weighted by Gasteiger charge is 2.37. The first kappa shape index (κ1) is 17.9. The lowest BCUT2D eigenvalue weighted by Gasteiger charge is -2.31. The number of hydrogen-bond donors (Lipinski definition) is 0. The lowest BCUT2D eigenvalue weighted by molar-refractivity contribution is 0.125. The molecule has 2 amide bonds. The standard InChI is InChI=1S/C17H25N3O2/c1-7-9-10-14(8-2)15(18-5)11-19(6)16(21)20-13-22-12-17(20,3)4/h7-11H,2,5,12-13H2,1,3-4,6H3. The first-order chi connectivity index (χ1) is 10.4. The molecular weight excluding hydrogens is 278 g/mol. The molecular formula is C17H25N3O2. The fourth-order valence-corrected chi connectivity index (χ4v) is 2.05. The van der Waals surface area contributed by atoms with Crippen molar-refractivity contribution < 1.29 is 9.53 Å². The van der Waals surface area contributed by atoms with Crippen LogP contribution in [0, 0.1) is 0 Å². The van der Waals surface area contributed by atoms with Crippen molar-refractivity contribution in [1.29, 1.82) is 0 Å². The number of allylic oxidation sites excluding steroid dienone is 4. The van der Waals surface area contributed by atoms with Crippen LogP contribution in [0.25, 0.3) is 0 Å². The highest BCUT2D eigenvalue weighted by molar-refractivity contribution is 5.76. The molecule has 5 nitrogen and oxygen atoms in total. The third kappa shape index (κ3) is 4.18. The maximum Gasteiger partial charge on any atom is 0.326 e. The summed E-state index contributed by atoms with van der Waals surface area (Å²) in [7, 11) is 1.69. The van der Waals surface area contributed by atoms with Gasteiger partial charge in [-0.05, 0) is 27.5 Å². The van der Waals surface area contributed by atoms with Crippen molar-refractivity contribution in [3.63, 3.8) is 0 Å². The second-order valence-electron chi connectivity index (χ2n) is 5.64. The van der Waals surface area contributed by atoms with Crippen molar-refractivity contribution in [1.82, 2.24) is 9.80 Å². The van der Waals surface area contributed by atoms with Crippen molar-refractivity contribution in [2.24, 2.45) is 4.99 Å². The van der Waals surface area contributed by atoms with Gasteiger partial charge in [0.2, 0.25) is 0 Å². The average molecular weight is 303 g/mol. The van der Waals surface area contributed by atoms with E-state index < -0.39 is 0 Å². The smallest absolute Gasteiger partial charge is 0.326 e. The Balaban J connectivity index is 2.99. The van der Waals surface area contributed by atoms with E-state index in [9.17, 15) is 4.79 Å². The van der Waals surface area contributed by atoms with Crippen molar-refractivity contribution >= 4 is 12.7 Å². The lowest BCUT2D eigenvalue weighted by atomic mass is 10.1. The Bertz CT molecular complexity index is 530. The van der Waals surface area contributed by atoms with Gasteiger partial charge in [0.25, 0.3) is 0 Å². The molecule has 1 saturated heterocycles. The van der Waals surface area contributed by atoms with Crippen LogP contribution in [0.4, 0.5) is 4.79 Å². The summed E-state index contributed by atoms with van der Waals surface area (Å²) in [6.45, 7) is 14.0. The van der Waals surface area contributed by atoms with Gasteiger partial charge in [0.15, 0.2) is 0 Å². The zero-order valence-electron chi connectivity index (χ0n) is 13.9. The number of carbonyl (C=O) groups excluding carboxylic acids is 1. The Morgan fingerprint density at radius 3 is 2.59 bits per heavy atom. The maximum absolute atomic E-state index is 12.5. The number of urea groups is 1. The van der Waals surface area contributed by atoms with E-state index in [-0.39, 0.29) is 11.6 Å². The second-order valence-corrected chi connectivity index (χ2v) is 5.64. The molecule has 0 saturated carbocycles. The van der Waals surface area contributed by atoms with Crippen LogP contribution < -0.4 is 0 Å². The number of nitrogens with zero attached hydrogens (tertiary/aromatic N) is 3.